The summed E-state index contributed by atoms with van der Waals surface area (Å²) in [5, 5.41) is 11.8. The summed E-state index contributed by atoms with van der Waals surface area (Å²) in [6.07, 6.45) is 3.47. The van der Waals surface area contributed by atoms with Crippen molar-refractivity contribution in [1.29, 1.82) is 0 Å². The Balaban J connectivity index is 1.63. The van der Waals surface area contributed by atoms with Crippen molar-refractivity contribution < 1.29 is 4.79 Å². The van der Waals surface area contributed by atoms with E-state index in [0.29, 0.717) is 11.7 Å². The molecule has 1 spiro atoms. The van der Waals surface area contributed by atoms with E-state index in [1.807, 2.05) is 25.4 Å². The van der Waals surface area contributed by atoms with Crippen LogP contribution in [0.15, 0.2) is 18.3 Å². The second-order valence-corrected chi connectivity index (χ2v) is 6.57. The van der Waals surface area contributed by atoms with Crippen LogP contribution in [-0.2, 0) is 4.79 Å². The number of hydrogen-bond donors (Lipinski definition) is 2. The van der Waals surface area contributed by atoms with E-state index in [2.05, 4.69) is 25.3 Å². The minimum Gasteiger partial charge on any atom is -0.371 e. The molecule has 2 aromatic rings. The number of carbonyl (C=O) groups is 1. The fourth-order valence-electron chi connectivity index (χ4n) is 3.67. The average molecular weight is 320 g/mol. The average Bonchev–Trinajstić information content (AvgIpc) is 3.08. The van der Waals surface area contributed by atoms with Crippen LogP contribution < -0.4 is 10.2 Å². The maximum atomic E-state index is 12.2. The van der Waals surface area contributed by atoms with Crippen molar-refractivity contribution >= 4 is 34.1 Å². The first-order chi connectivity index (χ1) is 10.6. The number of H-pyrrole nitrogens is 1. The lowest BCUT2D eigenvalue weighted by atomic mass is 9.86. The number of aromatic nitrogens is 2. The number of carbonyl (C=O) groups excluding carboxylic acids is 1. The van der Waals surface area contributed by atoms with Gasteiger partial charge < -0.3 is 10.2 Å². The highest BCUT2D eigenvalue weighted by Gasteiger charge is 2.48. The van der Waals surface area contributed by atoms with Crippen molar-refractivity contribution in [2.75, 3.05) is 31.7 Å². The smallest absolute Gasteiger partial charge is 0.241 e. The SMILES string of the molecule is CN1CNC(=O)C12CCN(c1cc(Cl)cc3[nH]ncc13)CC2. The molecule has 0 radical (unpaired) electrons. The maximum absolute atomic E-state index is 12.2. The zero-order valence-corrected chi connectivity index (χ0v) is 13.2. The van der Waals surface area contributed by atoms with E-state index in [1.54, 1.807) is 0 Å². The Morgan fingerprint density at radius 1 is 1.32 bits per heavy atom. The van der Waals surface area contributed by atoms with Gasteiger partial charge in [-0.05, 0) is 32.0 Å². The number of hydrogen-bond acceptors (Lipinski definition) is 4. The van der Waals surface area contributed by atoms with Crippen LogP contribution in [0.3, 0.4) is 0 Å². The lowest BCUT2D eigenvalue weighted by Gasteiger charge is -2.42. The Hall–Kier alpha value is -1.79. The van der Waals surface area contributed by atoms with Crippen molar-refractivity contribution in [3.8, 4) is 0 Å². The first-order valence-electron chi connectivity index (χ1n) is 7.47. The van der Waals surface area contributed by atoms with Gasteiger partial charge in [0.1, 0.15) is 5.54 Å². The molecule has 22 heavy (non-hydrogen) atoms. The third-order valence-corrected chi connectivity index (χ3v) is 5.28. The lowest BCUT2D eigenvalue weighted by Crippen LogP contribution is -2.55. The van der Waals surface area contributed by atoms with Gasteiger partial charge in [-0.1, -0.05) is 11.6 Å². The fourth-order valence-corrected chi connectivity index (χ4v) is 3.88. The monoisotopic (exact) mass is 319 g/mol. The Kier molecular flexibility index (Phi) is 3.06. The molecule has 2 saturated heterocycles. The molecule has 0 saturated carbocycles. The summed E-state index contributed by atoms with van der Waals surface area (Å²) < 4.78 is 0. The molecule has 1 aromatic carbocycles. The van der Waals surface area contributed by atoms with E-state index < -0.39 is 0 Å². The van der Waals surface area contributed by atoms with Gasteiger partial charge in [-0.2, -0.15) is 5.10 Å². The Morgan fingerprint density at radius 3 is 2.77 bits per heavy atom. The zero-order valence-electron chi connectivity index (χ0n) is 12.4. The molecule has 2 aliphatic rings. The van der Waals surface area contributed by atoms with Gasteiger partial charge in [0.25, 0.3) is 0 Å². The molecule has 4 rings (SSSR count). The highest BCUT2D eigenvalue weighted by molar-refractivity contribution is 6.31. The Morgan fingerprint density at radius 2 is 2.09 bits per heavy atom. The van der Waals surface area contributed by atoms with E-state index in [1.165, 1.54) is 0 Å². The summed E-state index contributed by atoms with van der Waals surface area (Å²) in [4.78, 5) is 16.7. The predicted molar refractivity (Wildman–Crippen MR) is 86.1 cm³/mol. The molecule has 1 aromatic heterocycles. The molecular weight excluding hydrogens is 302 g/mol. The molecule has 0 atom stereocenters. The van der Waals surface area contributed by atoms with Gasteiger partial charge in [0.2, 0.25) is 5.91 Å². The second kappa shape index (κ2) is 4.86. The van der Waals surface area contributed by atoms with Gasteiger partial charge >= 0.3 is 0 Å². The largest absolute Gasteiger partial charge is 0.371 e. The van der Waals surface area contributed by atoms with Gasteiger partial charge in [-0.25, -0.2) is 0 Å². The van der Waals surface area contributed by atoms with Crippen LogP contribution in [0, 0.1) is 0 Å². The molecule has 0 bridgehead atoms. The summed E-state index contributed by atoms with van der Waals surface area (Å²) >= 11 is 6.22. The number of aromatic amines is 1. The van der Waals surface area contributed by atoms with Crippen LogP contribution in [-0.4, -0.2) is 53.3 Å². The normalized spacial score (nSPS) is 21.7. The van der Waals surface area contributed by atoms with Crippen molar-refractivity contribution in [1.82, 2.24) is 20.4 Å². The van der Waals surface area contributed by atoms with Crippen LogP contribution >= 0.6 is 11.6 Å². The fraction of sp³-hybridized carbons (Fsp3) is 0.467. The van der Waals surface area contributed by atoms with Gasteiger partial charge in [0.05, 0.1) is 18.4 Å². The lowest BCUT2D eigenvalue weighted by molar-refractivity contribution is -0.127. The van der Waals surface area contributed by atoms with E-state index in [-0.39, 0.29) is 11.4 Å². The van der Waals surface area contributed by atoms with E-state index in [0.717, 1.165) is 42.5 Å². The number of likely N-dealkylation sites (N-methyl/N-ethyl adjacent to an activating group) is 1. The van der Waals surface area contributed by atoms with Crippen LogP contribution in [0.1, 0.15) is 12.8 Å². The van der Waals surface area contributed by atoms with E-state index in [4.69, 9.17) is 11.6 Å². The summed E-state index contributed by atoms with van der Waals surface area (Å²) in [7, 11) is 2.02. The number of amides is 1. The maximum Gasteiger partial charge on any atom is 0.241 e. The quantitative estimate of drug-likeness (QED) is 0.837. The van der Waals surface area contributed by atoms with Crippen molar-refractivity contribution in [2.45, 2.75) is 18.4 Å². The molecule has 116 valence electrons. The number of nitrogens with one attached hydrogen (secondary N) is 2. The van der Waals surface area contributed by atoms with Crippen LogP contribution in [0.4, 0.5) is 5.69 Å². The minimum atomic E-state index is -0.343. The molecule has 0 aliphatic carbocycles. The third kappa shape index (κ3) is 1.90. The van der Waals surface area contributed by atoms with E-state index in [9.17, 15) is 4.79 Å². The zero-order chi connectivity index (χ0) is 15.3. The minimum absolute atomic E-state index is 0.161. The molecule has 2 N–H and O–H groups in total. The number of anilines is 1. The topological polar surface area (TPSA) is 64.3 Å². The molecule has 1 amide bonds. The number of fused-ring (bicyclic) bond motifs is 1. The van der Waals surface area contributed by atoms with Gasteiger partial charge in [0.15, 0.2) is 0 Å². The summed E-state index contributed by atoms with van der Waals surface area (Å²) in [5.41, 5.74) is 1.69. The number of halogens is 1. The molecule has 0 unspecified atom stereocenters. The van der Waals surface area contributed by atoms with Crippen LogP contribution in [0.25, 0.3) is 10.9 Å². The highest BCUT2D eigenvalue weighted by Crippen LogP contribution is 2.36. The Bertz CT molecular complexity index is 735. The molecule has 6 nitrogen and oxygen atoms in total. The molecule has 7 heteroatoms. The summed E-state index contributed by atoms with van der Waals surface area (Å²) in [6, 6.07) is 3.87. The number of rotatable bonds is 1. The third-order valence-electron chi connectivity index (χ3n) is 5.06. The predicted octanol–water partition coefficient (Wildman–Crippen LogP) is 1.57. The van der Waals surface area contributed by atoms with E-state index >= 15 is 0 Å². The second-order valence-electron chi connectivity index (χ2n) is 6.14. The molecular formula is C15H18ClN5O. The molecule has 3 heterocycles. The Labute approximate surface area is 133 Å². The van der Waals surface area contributed by atoms with Gasteiger partial charge in [-0.15, -0.1) is 0 Å². The number of piperidine rings is 1. The van der Waals surface area contributed by atoms with Gasteiger partial charge in [-0.3, -0.25) is 14.8 Å². The standard InChI is InChI=1S/C15H18ClN5O/c1-20-9-17-14(22)15(20)2-4-21(5-3-15)13-7-10(16)6-12-11(13)8-18-19-12/h6-8H,2-5,9H2,1H3,(H,17,22)(H,18,19). The summed E-state index contributed by atoms with van der Waals surface area (Å²) in [6.45, 7) is 2.30. The number of nitrogens with zero attached hydrogens (tertiary/aromatic N) is 3. The highest BCUT2D eigenvalue weighted by atomic mass is 35.5. The van der Waals surface area contributed by atoms with Crippen molar-refractivity contribution in [2.24, 2.45) is 0 Å². The first-order valence-corrected chi connectivity index (χ1v) is 7.85. The van der Waals surface area contributed by atoms with Gasteiger partial charge in [0, 0.05) is 29.2 Å². The molecule has 2 aliphatic heterocycles. The first kappa shape index (κ1) is 13.8. The van der Waals surface area contributed by atoms with Crippen molar-refractivity contribution in [3.63, 3.8) is 0 Å². The van der Waals surface area contributed by atoms with Crippen molar-refractivity contribution in [3.05, 3.63) is 23.4 Å². The van der Waals surface area contributed by atoms with Crippen LogP contribution in [0.2, 0.25) is 5.02 Å². The molecule has 2 fully saturated rings. The summed E-state index contributed by atoms with van der Waals surface area (Å²) in [5.74, 6) is 0.161. The van der Waals surface area contributed by atoms with Crippen LogP contribution in [0.5, 0.6) is 0 Å². The number of benzene rings is 1.